The van der Waals surface area contributed by atoms with Crippen molar-refractivity contribution in [1.82, 2.24) is 9.55 Å². The number of carboxylic acid groups (broad SMARTS) is 1. The lowest BCUT2D eigenvalue weighted by molar-refractivity contribution is 0.0684. The number of hydrogen-bond donors (Lipinski definition) is 1. The standard InChI is InChI=1S/C13H13ClN2O2/c1-9-12(13(17)18)16(8-15-9)6-5-10-3-2-4-11(14)7-10/h2-4,7-8H,5-6H2,1H3,(H,17,18). The Labute approximate surface area is 110 Å². The third kappa shape index (κ3) is 2.71. The van der Waals surface area contributed by atoms with Gasteiger partial charge in [-0.1, -0.05) is 23.7 Å². The van der Waals surface area contributed by atoms with Gasteiger partial charge in [0.15, 0.2) is 0 Å². The van der Waals surface area contributed by atoms with Crippen LogP contribution in [0.5, 0.6) is 0 Å². The van der Waals surface area contributed by atoms with Crippen molar-refractivity contribution in [3.05, 3.63) is 52.6 Å². The number of imidazole rings is 1. The van der Waals surface area contributed by atoms with E-state index in [0.717, 1.165) is 12.0 Å². The zero-order valence-electron chi connectivity index (χ0n) is 9.93. The third-order valence-electron chi connectivity index (χ3n) is 2.75. The van der Waals surface area contributed by atoms with Crippen molar-refractivity contribution in [2.24, 2.45) is 0 Å². The van der Waals surface area contributed by atoms with Crippen molar-refractivity contribution >= 4 is 17.6 Å². The molecule has 1 N–H and O–H groups in total. The van der Waals surface area contributed by atoms with Gasteiger partial charge in [-0.2, -0.15) is 0 Å². The molecule has 0 atom stereocenters. The van der Waals surface area contributed by atoms with Crippen molar-refractivity contribution in [3.8, 4) is 0 Å². The zero-order chi connectivity index (χ0) is 13.1. The minimum absolute atomic E-state index is 0.247. The van der Waals surface area contributed by atoms with Crippen LogP contribution in [-0.2, 0) is 13.0 Å². The van der Waals surface area contributed by atoms with E-state index < -0.39 is 5.97 Å². The van der Waals surface area contributed by atoms with E-state index in [1.54, 1.807) is 17.8 Å². The van der Waals surface area contributed by atoms with Gasteiger partial charge in [0.25, 0.3) is 0 Å². The molecule has 0 saturated heterocycles. The van der Waals surface area contributed by atoms with Crippen molar-refractivity contribution in [2.75, 3.05) is 0 Å². The van der Waals surface area contributed by atoms with Gasteiger partial charge < -0.3 is 9.67 Å². The minimum atomic E-state index is -0.948. The smallest absolute Gasteiger partial charge is 0.354 e. The summed E-state index contributed by atoms with van der Waals surface area (Å²) in [6.07, 6.45) is 2.28. The summed E-state index contributed by atoms with van der Waals surface area (Å²) < 4.78 is 1.65. The molecule has 2 rings (SSSR count). The molecule has 1 heterocycles. The van der Waals surface area contributed by atoms with Crippen LogP contribution in [0.3, 0.4) is 0 Å². The number of aromatic nitrogens is 2. The summed E-state index contributed by atoms with van der Waals surface area (Å²) in [6, 6.07) is 7.55. The first kappa shape index (κ1) is 12.6. The Hall–Kier alpha value is -1.81. The van der Waals surface area contributed by atoms with E-state index in [9.17, 15) is 4.79 Å². The molecule has 0 aliphatic rings. The normalized spacial score (nSPS) is 10.6. The van der Waals surface area contributed by atoms with E-state index in [0.29, 0.717) is 17.3 Å². The lowest BCUT2D eigenvalue weighted by Gasteiger charge is -2.06. The summed E-state index contributed by atoms with van der Waals surface area (Å²) in [4.78, 5) is 15.1. The molecule has 0 unspecified atom stereocenters. The van der Waals surface area contributed by atoms with Crippen molar-refractivity contribution in [2.45, 2.75) is 19.9 Å². The quantitative estimate of drug-likeness (QED) is 0.924. The number of aryl methyl sites for hydroxylation is 3. The predicted octanol–water partition coefficient (Wildman–Crippen LogP) is 2.79. The molecule has 0 fully saturated rings. The molecule has 0 spiro atoms. The van der Waals surface area contributed by atoms with Crippen LogP contribution in [0.1, 0.15) is 21.7 Å². The number of hydrogen-bond acceptors (Lipinski definition) is 2. The minimum Gasteiger partial charge on any atom is -0.477 e. The topological polar surface area (TPSA) is 55.1 Å². The molecule has 1 aromatic carbocycles. The second kappa shape index (κ2) is 5.23. The van der Waals surface area contributed by atoms with Gasteiger partial charge >= 0.3 is 5.97 Å². The van der Waals surface area contributed by atoms with Gasteiger partial charge in [-0.25, -0.2) is 9.78 Å². The highest BCUT2D eigenvalue weighted by atomic mass is 35.5. The van der Waals surface area contributed by atoms with Crippen molar-refractivity contribution < 1.29 is 9.90 Å². The summed E-state index contributed by atoms with van der Waals surface area (Å²) in [5.74, 6) is -0.948. The highest BCUT2D eigenvalue weighted by Crippen LogP contribution is 2.13. The number of aromatic carboxylic acids is 1. The summed E-state index contributed by atoms with van der Waals surface area (Å²) in [5.41, 5.74) is 1.86. The molecular formula is C13H13ClN2O2. The summed E-state index contributed by atoms with van der Waals surface area (Å²) in [6.45, 7) is 2.27. The molecule has 0 radical (unpaired) electrons. The highest BCUT2D eigenvalue weighted by molar-refractivity contribution is 6.30. The van der Waals surface area contributed by atoms with E-state index in [1.807, 2.05) is 24.3 Å². The number of carbonyl (C=O) groups is 1. The predicted molar refractivity (Wildman–Crippen MR) is 69.1 cm³/mol. The van der Waals surface area contributed by atoms with Gasteiger partial charge in [-0.15, -0.1) is 0 Å². The first-order valence-electron chi connectivity index (χ1n) is 5.57. The van der Waals surface area contributed by atoms with Crippen molar-refractivity contribution in [3.63, 3.8) is 0 Å². The first-order chi connectivity index (χ1) is 8.58. The van der Waals surface area contributed by atoms with E-state index in [1.165, 1.54) is 0 Å². The molecule has 0 aliphatic heterocycles. The van der Waals surface area contributed by atoms with Gasteiger partial charge in [0, 0.05) is 11.6 Å². The second-order valence-electron chi connectivity index (χ2n) is 4.06. The van der Waals surface area contributed by atoms with Crippen LogP contribution in [0.4, 0.5) is 0 Å². The fourth-order valence-corrected chi connectivity index (χ4v) is 2.09. The zero-order valence-corrected chi connectivity index (χ0v) is 10.7. The number of halogens is 1. The molecule has 1 aromatic heterocycles. The van der Waals surface area contributed by atoms with Crippen LogP contribution >= 0.6 is 11.6 Å². The average Bonchev–Trinajstić information content (AvgIpc) is 2.68. The maximum Gasteiger partial charge on any atom is 0.354 e. The van der Waals surface area contributed by atoms with Crippen LogP contribution in [0.15, 0.2) is 30.6 Å². The van der Waals surface area contributed by atoms with E-state index in [-0.39, 0.29) is 5.69 Å². The van der Waals surface area contributed by atoms with Gasteiger partial charge in [0.05, 0.1) is 12.0 Å². The molecule has 0 saturated carbocycles. The van der Waals surface area contributed by atoms with Crippen LogP contribution in [0, 0.1) is 6.92 Å². The number of benzene rings is 1. The summed E-state index contributed by atoms with van der Waals surface area (Å²) >= 11 is 5.90. The monoisotopic (exact) mass is 264 g/mol. The van der Waals surface area contributed by atoms with Crippen LogP contribution in [0.2, 0.25) is 5.02 Å². The molecular weight excluding hydrogens is 252 g/mol. The molecule has 4 nitrogen and oxygen atoms in total. The van der Waals surface area contributed by atoms with Gasteiger partial charge in [-0.05, 0) is 31.0 Å². The molecule has 0 amide bonds. The Bertz CT molecular complexity index is 578. The molecule has 0 aliphatic carbocycles. The fourth-order valence-electron chi connectivity index (χ4n) is 1.87. The van der Waals surface area contributed by atoms with E-state index in [2.05, 4.69) is 4.98 Å². The van der Waals surface area contributed by atoms with E-state index >= 15 is 0 Å². The highest BCUT2D eigenvalue weighted by Gasteiger charge is 2.14. The lowest BCUT2D eigenvalue weighted by atomic mass is 10.1. The number of nitrogens with zero attached hydrogens (tertiary/aromatic N) is 2. The average molecular weight is 265 g/mol. The van der Waals surface area contributed by atoms with Gasteiger partial charge in [0.1, 0.15) is 5.69 Å². The Morgan fingerprint density at radius 2 is 2.28 bits per heavy atom. The fraction of sp³-hybridized carbons (Fsp3) is 0.231. The van der Waals surface area contributed by atoms with Gasteiger partial charge in [-0.3, -0.25) is 0 Å². The second-order valence-corrected chi connectivity index (χ2v) is 4.49. The number of carboxylic acids is 1. The molecule has 5 heteroatoms. The Balaban J connectivity index is 2.13. The first-order valence-corrected chi connectivity index (χ1v) is 5.95. The third-order valence-corrected chi connectivity index (χ3v) is 2.99. The number of rotatable bonds is 4. The largest absolute Gasteiger partial charge is 0.477 e. The molecule has 18 heavy (non-hydrogen) atoms. The Morgan fingerprint density at radius 1 is 1.50 bits per heavy atom. The van der Waals surface area contributed by atoms with E-state index in [4.69, 9.17) is 16.7 Å². The van der Waals surface area contributed by atoms with Gasteiger partial charge in [0.2, 0.25) is 0 Å². The Kier molecular flexibility index (Phi) is 3.67. The molecule has 0 bridgehead atoms. The molecule has 94 valence electrons. The maximum atomic E-state index is 11.1. The lowest BCUT2D eigenvalue weighted by Crippen LogP contribution is -2.10. The van der Waals surface area contributed by atoms with Crippen LogP contribution < -0.4 is 0 Å². The summed E-state index contributed by atoms with van der Waals surface area (Å²) in [5, 5.41) is 9.78. The maximum absolute atomic E-state index is 11.1. The SMILES string of the molecule is Cc1ncn(CCc2cccc(Cl)c2)c1C(=O)O. The van der Waals surface area contributed by atoms with Crippen molar-refractivity contribution in [1.29, 1.82) is 0 Å². The molecule has 2 aromatic rings. The van der Waals surface area contributed by atoms with Crippen LogP contribution in [0.25, 0.3) is 0 Å². The Morgan fingerprint density at radius 3 is 2.94 bits per heavy atom. The van der Waals surface area contributed by atoms with Crippen LogP contribution in [-0.4, -0.2) is 20.6 Å². The summed E-state index contributed by atoms with van der Waals surface area (Å²) in [7, 11) is 0.